The molecule has 0 N–H and O–H groups in total. The van der Waals surface area contributed by atoms with Crippen molar-refractivity contribution in [1.29, 1.82) is 0 Å². The van der Waals surface area contributed by atoms with Crippen LogP contribution in [0, 0.1) is 6.92 Å². The van der Waals surface area contributed by atoms with E-state index in [4.69, 9.17) is 23.2 Å². The largest absolute Gasteiger partial charge is 0.276 e. The standard InChI is InChI=1S/C16H10Cl2N2O.ClH/c1-9-13(17)3-2-11-12(16(18)21)8-14(20-15(9)11)10-4-6-19-7-5-10;/h2-8H,1H3;1H. The molecule has 0 fully saturated rings. The first-order chi connectivity index (χ1) is 10.1. The molecule has 0 aliphatic carbocycles. The highest BCUT2D eigenvalue weighted by Gasteiger charge is 2.14. The number of hydrogen-bond donors (Lipinski definition) is 0. The van der Waals surface area contributed by atoms with Crippen LogP contribution in [0.25, 0.3) is 22.2 Å². The maximum atomic E-state index is 11.7. The van der Waals surface area contributed by atoms with Gasteiger partial charge in [0.1, 0.15) is 0 Å². The number of fused-ring (bicyclic) bond motifs is 1. The maximum Gasteiger partial charge on any atom is 0.253 e. The van der Waals surface area contributed by atoms with Crippen LogP contribution >= 0.6 is 35.6 Å². The second-order valence-electron chi connectivity index (χ2n) is 4.63. The fourth-order valence-corrected chi connectivity index (χ4v) is 2.55. The Labute approximate surface area is 143 Å². The van der Waals surface area contributed by atoms with Gasteiger partial charge in [-0.25, -0.2) is 4.98 Å². The summed E-state index contributed by atoms with van der Waals surface area (Å²) in [7, 11) is 0. The number of halogens is 3. The number of carbonyl (C=O) groups excluding carboxylic acids is 1. The quantitative estimate of drug-likeness (QED) is 0.605. The summed E-state index contributed by atoms with van der Waals surface area (Å²) in [5, 5.41) is 0.795. The fraction of sp³-hybridized carbons (Fsp3) is 0.0625. The predicted molar refractivity (Wildman–Crippen MR) is 92.2 cm³/mol. The van der Waals surface area contributed by atoms with Crippen molar-refractivity contribution in [2.24, 2.45) is 0 Å². The highest BCUT2D eigenvalue weighted by atomic mass is 35.5. The van der Waals surface area contributed by atoms with Crippen LogP contribution in [0.4, 0.5) is 0 Å². The van der Waals surface area contributed by atoms with E-state index in [9.17, 15) is 4.79 Å². The van der Waals surface area contributed by atoms with Gasteiger partial charge in [-0.2, -0.15) is 0 Å². The Morgan fingerprint density at radius 1 is 1.14 bits per heavy atom. The summed E-state index contributed by atoms with van der Waals surface area (Å²) < 4.78 is 0. The van der Waals surface area contributed by atoms with E-state index in [2.05, 4.69) is 9.97 Å². The van der Waals surface area contributed by atoms with E-state index in [1.807, 2.05) is 19.1 Å². The Bertz CT molecular complexity index is 851. The Kier molecular flexibility index (Phi) is 5.01. The molecule has 1 aromatic carbocycles. The van der Waals surface area contributed by atoms with Crippen molar-refractivity contribution < 1.29 is 4.79 Å². The molecule has 3 rings (SSSR count). The molecule has 2 heterocycles. The van der Waals surface area contributed by atoms with Crippen LogP contribution in [0.1, 0.15) is 15.9 Å². The smallest absolute Gasteiger partial charge is 0.253 e. The highest BCUT2D eigenvalue weighted by molar-refractivity contribution is 6.68. The van der Waals surface area contributed by atoms with Gasteiger partial charge in [0.25, 0.3) is 5.24 Å². The minimum Gasteiger partial charge on any atom is -0.276 e. The normalized spacial score (nSPS) is 10.3. The van der Waals surface area contributed by atoms with Gasteiger partial charge in [0.2, 0.25) is 0 Å². The molecule has 2 aromatic heterocycles. The van der Waals surface area contributed by atoms with Gasteiger partial charge in [0.15, 0.2) is 0 Å². The molecule has 112 valence electrons. The van der Waals surface area contributed by atoms with Gasteiger partial charge >= 0.3 is 0 Å². The van der Waals surface area contributed by atoms with Crippen molar-refractivity contribution in [3.05, 3.63) is 58.9 Å². The third kappa shape index (κ3) is 2.93. The number of rotatable bonds is 2. The number of pyridine rings is 2. The second-order valence-corrected chi connectivity index (χ2v) is 5.38. The van der Waals surface area contributed by atoms with E-state index in [0.717, 1.165) is 11.1 Å². The zero-order valence-corrected chi connectivity index (χ0v) is 13.8. The summed E-state index contributed by atoms with van der Waals surface area (Å²) in [5.41, 5.74) is 3.46. The number of nitrogens with zero attached hydrogens (tertiary/aromatic N) is 2. The van der Waals surface area contributed by atoms with Gasteiger partial charge in [0.05, 0.1) is 11.2 Å². The molecule has 3 aromatic rings. The number of aromatic nitrogens is 2. The third-order valence-electron chi connectivity index (χ3n) is 3.36. The Morgan fingerprint density at radius 2 is 1.82 bits per heavy atom. The first-order valence-corrected chi connectivity index (χ1v) is 7.03. The molecule has 0 radical (unpaired) electrons. The van der Waals surface area contributed by atoms with Crippen molar-refractivity contribution in [2.45, 2.75) is 6.92 Å². The minimum atomic E-state index is -0.514. The average molecular weight is 354 g/mol. The van der Waals surface area contributed by atoms with Gasteiger partial charge in [-0.05, 0) is 48.4 Å². The van der Waals surface area contributed by atoms with E-state index in [1.54, 1.807) is 30.6 Å². The predicted octanol–water partition coefficient (Wildman–Crippen LogP) is 5.06. The SMILES string of the molecule is Cc1c(Cl)ccc2c(C(=O)Cl)cc(-c3ccncc3)nc12.Cl. The lowest BCUT2D eigenvalue weighted by molar-refractivity contribution is 0.108. The van der Waals surface area contributed by atoms with Crippen LogP contribution in [0.2, 0.25) is 5.02 Å². The molecule has 0 unspecified atom stereocenters. The van der Waals surface area contributed by atoms with E-state index < -0.39 is 5.24 Å². The number of benzene rings is 1. The van der Waals surface area contributed by atoms with E-state index >= 15 is 0 Å². The monoisotopic (exact) mass is 352 g/mol. The molecule has 0 bridgehead atoms. The van der Waals surface area contributed by atoms with Crippen LogP contribution in [0.15, 0.2) is 42.7 Å². The maximum absolute atomic E-state index is 11.7. The molecule has 0 atom stereocenters. The zero-order valence-electron chi connectivity index (χ0n) is 11.5. The van der Waals surface area contributed by atoms with Crippen LogP contribution in [-0.4, -0.2) is 15.2 Å². The topological polar surface area (TPSA) is 42.9 Å². The summed E-state index contributed by atoms with van der Waals surface area (Å²) in [6.45, 7) is 1.87. The third-order valence-corrected chi connectivity index (χ3v) is 3.97. The van der Waals surface area contributed by atoms with Gasteiger partial charge in [-0.3, -0.25) is 9.78 Å². The summed E-state index contributed by atoms with van der Waals surface area (Å²) >= 11 is 11.9. The second kappa shape index (κ2) is 6.61. The summed E-state index contributed by atoms with van der Waals surface area (Å²) in [4.78, 5) is 20.3. The molecule has 0 saturated heterocycles. The summed E-state index contributed by atoms with van der Waals surface area (Å²) in [6.07, 6.45) is 3.35. The lowest BCUT2D eigenvalue weighted by Crippen LogP contribution is -1.97. The van der Waals surface area contributed by atoms with Crippen molar-refractivity contribution in [1.82, 2.24) is 9.97 Å². The van der Waals surface area contributed by atoms with Gasteiger partial charge < -0.3 is 0 Å². The van der Waals surface area contributed by atoms with Crippen molar-refractivity contribution in [3.63, 3.8) is 0 Å². The lowest BCUT2D eigenvalue weighted by atomic mass is 10.0. The van der Waals surface area contributed by atoms with Gasteiger partial charge in [-0.1, -0.05) is 17.7 Å². The molecule has 0 saturated carbocycles. The Balaban J connectivity index is 0.00000176. The first-order valence-electron chi connectivity index (χ1n) is 6.28. The molecular formula is C16H11Cl3N2O. The average Bonchev–Trinajstić information content (AvgIpc) is 2.51. The molecule has 0 aliphatic rings. The molecule has 0 spiro atoms. The molecule has 6 heteroatoms. The van der Waals surface area contributed by atoms with Crippen LogP contribution in [0.3, 0.4) is 0 Å². The molecule has 3 nitrogen and oxygen atoms in total. The lowest BCUT2D eigenvalue weighted by Gasteiger charge is -2.10. The van der Waals surface area contributed by atoms with Crippen molar-refractivity contribution >= 4 is 51.8 Å². The van der Waals surface area contributed by atoms with E-state index in [1.165, 1.54) is 0 Å². The first kappa shape index (κ1) is 16.7. The van der Waals surface area contributed by atoms with Crippen LogP contribution in [0.5, 0.6) is 0 Å². The van der Waals surface area contributed by atoms with Crippen LogP contribution < -0.4 is 0 Å². The summed E-state index contributed by atoms with van der Waals surface area (Å²) in [5.74, 6) is 0. The number of carbonyl (C=O) groups is 1. The molecule has 0 amide bonds. The van der Waals surface area contributed by atoms with E-state index in [0.29, 0.717) is 27.2 Å². The van der Waals surface area contributed by atoms with Crippen LogP contribution in [-0.2, 0) is 0 Å². The van der Waals surface area contributed by atoms with Gasteiger partial charge in [0, 0.05) is 33.9 Å². The van der Waals surface area contributed by atoms with Crippen molar-refractivity contribution in [3.8, 4) is 11.3 Å². The van der Waals surface area contributed by atoms with Gasteiger partial charge in [-0.15, -0.1) is 12.4 Å². The number of hydrogen-bond acceptors (Lipinski definition) is 3. The minimum absolute atomic E-state index is 0. The molecule has 22 heavy (non-hydrogen) atoms. The zero-order chi connectivity index (χ0) is 15.0. The fourth-order valence-electron chi connectivity index (χ4n) is 2.24. The molecule has 0 aliphatic heterocycles. The van der Waals surface area contributed by atoms with Crippen molar-refractivity contribution in [2.75, 3.05) is 0 Å². The Morgan fingerprint density at radius 3 is 2.45 bits per heavy atom. The van der Waals surface area contributed by atoms with E-state index in [-0.39, 0.29) is 12.4 Å². The Hall–Kier alpha value is -1.68. The number of aryl methyl sites for hydroxylation is 1. The summed E-state index contributed by atoms with van der Waals surface area (Å²) in [6, 6.07) is 8.87. The molecular weight excluding hydrogens is 343 g/mol. The highest BCUT2D eigenvalue weighted by Crippen LogP contribution is 2.30.